The number of benzene rings is 1. The summed E-state index contributed by atoms with van der Waals surface area (Å²) in [4.78, 5) is 14.6. The molecule has 1 aromatic heterocycles. The van der Waals surface area contributed by atoms with Crippen LogP contribution >= 0.6 is 0 Å². The molecule has 0 radical (unpaired) electrons. The van der Waals surface area contributed by atoms with Gasteiger partial charge in [-0.15, -0.1) is 0 Å². The Kier molecular flexibility index (Phi) is 5.08. The molecule has 1 unspecified atom stereocenters. The summed E-state index contributed by atoms with van der Waals surface area (Å²) >= 11 is 0. The molecule has 3 rings (SSSR count). The number of nitrogens with one attached hydrogen (secondary N) is 1. The van der Waals surface area contributed by atoms with Crippen molar-refractivity contribution in [2.75, 3.05) is 20.1 Å². The van der Waals surface area contributed by atoms with Crippen LogP contribution in [-0.2, 0) is 0 Å². The second-order valence-corrected chi connectivity index (χ2v) is 6.91. The highest BCUT2D eigenvalue weighted by atomic mass is 16.3. The molecule has 134 valence electrons. The maximum absolute atomic E-state index is 12.8. The van der Waals surface area contributed by atoms with E-state index in [1.807, 2.05) is 36.2 Å². The third kappa shape index (κ3) is 3.54. The van der Waals surface area contributed by atoms with Crippen LogP contribution in [0.3, 0.4) is 0 Å². The second-order valence-electron chi connectivity index (χ2n) is 6.91. The lowest BCUT2D eigenvalue weighted by molar-refractivity contribution is 0.0727. The fourth-order valence-electron chi connectivity index (χ4n) is 3.35. The van der Waals surface area contributed by atoms with Gasteiger partial charge in [0.05, 0.1) is 11.9 Å². The molecule has 1 atom stereocenters. The molecule has 2 aromatic rings. The molecule has 1 aliphatic heterocycles. The first kappa shape index (κ1) is 17.5. The van der Waals surface area contributed by atoms with E-state index in [-0.39, 0.29) is 23.4 Å². The van der Waals surface area contributed by atoms with E-state index in [9.17, 15) is 9.90 Å². The lowest BCUT2D eigenvalue weighted by Gasteiger charge is -2.23. The molecule has 1 amide bonds. The van der Waals surface area contributed by atoms with E-state index >= 15 is 0 Å². The van der Waals surface area contributed by atoms with Crippen LogP contribution in [0.25, 0.3) is 5.69 Å². The minimum absolute atomic E-state index is 0.0759. The minimum atomic E-state index is -0.201. The van der Waals surface area contributed by atoms with E-state index in [1.54, 1.807) is 4.68 Å². The van der Waals surface area contributed by atoms with E-state index in [4.69, 9.17) is 0 Å². The highest BCUT2D eigenvalue weighted by Gasteiger charge is 2.31. The molecular formula is C19H26N4O2. The Bertz CT molecular complexity index is 736. The maximum atomic E-state index is 12.8. The first-order valence-electron chi connectivity index (χ1n) is 8.85. The van der Waals surface area contributed by atoms with Crippen molar-refractivity contribution in [1.82, 2.24) is 20.0 Å². The number of hydrogen-bond acceptors (Lipinski definition) is 4. The van der Waals surface area contributed by atoms with Crippen molar-refractivity contribution in [3.05, 3.63) is 41.7 Å². The van der Waals surface area contributed by atoms with Crippen molar-refractivity contribution < 1.29 is 9.90 Å². The average molecular weight is 342 g/mol. The standard InChI is InChI=1S/C19H26N4O2/c1-13(2)14-6-8-15(9-7-14)23-12-17(24)18(21-23)19(25)22-10-4-5-16(22)11-20-3/h6-9,12-13,16,20,24H,4-5,10-11H2,1-3H3. The fourth-order valence-corrected chi connectivity index (χ4v) is 3.35. The smallest absolute Gasteiger partial charge is 0.278 e. The quantitative estimate of drug-likeness (QED) is 0.876. The number of nitrogens with zero attached hydrogens (tertiary/aromatic N) is 3. The molecular weight excluding hydrogens is 316 g/mol. The van der Waals surface area contributed by atoms with Crippen molar-refractivity contribution in [3.8, 4) is 11.4 Å². The summed E-state index contributed by atoms with van der Waals surface area (Å²) in [5.41, 5.74) is 2.19. The number of likely N-dealkylation sites (N-methyl/N-ethyl adjacent to an activating group) is 1. The zero-order valence-corrected chi connectivity index (χ0v) is 15.1. The van der Waals surface area contributed by atoms with Gasteiger partial charge >= 0.3 is 0 Å². The zero-order chi connectivity index (χ0) is 18.0. The van der Waals surface area contributed by atoms with Gasteiger partial charge in [-0.2, -0.15) is 5.10 Å². The molecule has 6 nitrogen and oxygen atoms in total. The summed E-state index contributed by atoms with van der Waals surface area (Å²) < 4.78 is 1.57. The van der Waals surface area contributed by atoms with Gasteiger partial charge in [0.2, 0.25) is 0 Å². The predicted molar refractivity (Wildman–Crippen MR) is 97.3 cm³/mol. The Hall–Kier alpha value is -2.34. The number of hydrogen-bond donors (Lipinski definition) is 2. The summed E-state index contributed by atoms with van der Waals surface area (Å²) in [6.07, 6.45) is 3.46. The molecule has 0 aliphatic carbocycles. The summed E-state index contributed by atoms with van der Waals surface area (Å²) in [7, 11) is 1.88. The van der Waals surface area contributed by atoms with Gasteiger partial charge in [-0.3, -0.25) is 4.79 Å². The first-order chi connectivity index (χ1) is 12.0. The summed E-state index contributed by atoms with van der Waals surface area (Å²) in [5, 5.41) is 17.7. The topological polar surface area (TPSA) is 70.4 Å². The number of carbonyl (C=O) groups excluding carboxylic acids is 1. The predicted octanol–water partition coefficient (Wildman–Crippen LogP) is 2.53. The van der Waals surface area contributed by atoms with E-state index in [1.165, 1.54) is 11.8 Å². The number of amides is 1. The average Bonchev–Trinajstić information content (AvgIpc) is 3.21. The third-order valence-corrected chi connectivity index (χ3v) is 4.80. The summed E-state index contributed by atoms with van der Waals surface area (Å²) in [6.45, 7) is 5.75. The van der Waals surface area contributed by atoms with E-state index in [2.05, 4.69) is 24.3 Å². The molecule has 0 saturated carbocycles. The number of rotatable bonds is 5. The van der Waals surface area contributed by atoms with Gasteiger partial charge in [-0.1, -0.05) is 26.0 Å². The monoisotopic (exact) mass is 342 g/mol. The first-order valence-corrected chi connectivity index (χ1v) is 8.85. The molecule has 6 heteroatoms. The fraction of sp³-hybridized carbons (Fsp3) is 0.474. The van der Waals surface area contributed by atoms with E-state index < -0.39 is 0 Å². The van der Waals surface area contributed by atoms with Gasteiger partial charge in [-0.05, 0) is 43.5 Å². The number of aromatic hydroxyl groups is 1. The number of likely N-dealkylation sites (tertiary alicyclic amines) is 1. The molecule has 2 N–H and O–H groups in total. The lowest BCUT2D eigenvalue weighted by atomic mass is 10.0. The Morgan fingerprint density at radius 3 is 2.72 bits per heavy atom. The van der Waals surface area contributed by atoms with E-state index in [0.29, 0.717) is 12.5 Å². The Morgan fingerprint density at radius 1 is 1.36 bits per heavy atom. The molecule has 0 spiro atoms. The van der Waals surface area contributed by atoms with Gasteiger partial charge in [0.25, 0.3) is 5.91 Å². The minimum Gasteiger partial charge on any atom is -0.504 e. The van der Waals surface area contributed by atoms with Crippen LogP contribution in [0.15, 0.2) is 30.5 Å². The Balaban J connectivity index is 1.83. The van der Waals surface area contributed by atoms with Crippen LogP contribution < -0.4 is 5.32 Å². The van der Waals surface area contributed by atoms with Gasteiger partial charge < -0.3 is 15.3 Å². The SMILES string of the molecule is CNCC1CCCN1C(=O)c1nn(-c2ccc(C(C)C)cc2)cc1O. The van der Waals surface area contributed by atoms with Crippen LogP contribution in [0.1, 0.15) is 48.7 Å². The second kappa shape index (κ2) is 7.27. The van der Waals surface area contributed by atoms with Crippen molar-refractivity contribution in [3.63, 3.8) is 0 Å². The number of carbonyl (C=O) groups is 1. The highest BCUT2D eigenvalue weighted by Crippen LogP contribution is 2.25. The lowest BCUT2D eigenvalue weighted by Crippen LogP contribution is -2.41. The summed E-state index contributed by atoms with van der Waals surface area (Å²) in [6, 6.07) is 8.16. The zero-order valence-electron chi connectivity index (χ0n) is 15.1. The Labute approximate surface area is 148 Å². The highest BCUT2D eigenvalue weighted by molar-refractivity contribution is 5.95. The van der Waals surface area contributed by atoms with Crippen molar-refractivity contribution in [1.29, 1.82) is 0 Å². The van der Waals surface area contributed by atoms with Crippen molar-refractivity contribution in [2.45, 2.75) is 38.6 Å². The van der Waals surface area contributed by atoms with Gasteiger partial charge in [0, 0.05) is 19.1 Å². The van der Waals surface area contributed by atoms with Gasteiger partial charge in [-0.25, -0.2) is 4.68 Å². The maximum Gasteiger partial charge on any atom is 0.278 e. The molecule has 2 heterocycles. The molecule has 1 aromatic carbocycles. The van der Waals surface area contributed by atoms with Crippen LogP contribution in [0, 0.1) is 0 Å². The summed E-state index contributed by atoms with van der Waals surface area (Å²) in [5.74, 6) is 0.178. The largest absolute Gasteiger partial charge is 0.504 e. The van der Waals surface area contributed by atoms with Crippen LogP contribution in [0.5, 0.6) is 5.75 Å². The van der Waals surface area contributed by atoms with Gasteiger partial charge in [0.15, 0.2) is 11.4 Å². The normalized spacial score (nSPS) is 17.4. The molecule has 1 fully saturated rings. The van der Waals surface area contributed by atoms with E-state index in [0.717, 1.165) is 25.1 Å². The molecule has 25 heavy (non-hydrogen) atoms. The van der Waals surface area contributed by atoms with Crippen LogP contribution in [0.2, 0.25) is 0 Å². The van der Waals surface area contributed by atoms with Crippen molar-refractivity contribution in [2.24, 2.45) is 0 Å². The number of aromatic nitrogens is 2. The molecule has 0 bridgehead atoms. The molecule has 1 aliphatic rings. The Morgan fingerprint density at radius 2 is 2.08 bits per heavy atom. The van der Waals surface area contributed by atoms with Crippen molar-refractivity contribution >= 4 is 5.91 Å². The third-order valence-electron chi connectivity index (χ3n) is 4.80. The van der Waals surface area contributed by atoms with Crippen LogP contribution in [0.4, 0.5) is 0 Å². The van der Waals surface area contributed by atoms with Crippen LogP contribution in [-0.4, -0.2) is 51.9 Å². The molecule has 1 saturated heterocycles. The van der Waals surface area contributed by atoms with Gasteiger partial charge in [0.1, 0.15) is 0 Å².